The summed E-state index contributed by atoms with van der Waals surface area (Å²) in [5, 5.41) is 19.1. The van der Waals surface area contributed by atoms with Crippen molar-refractivity contribution in [1.82, 2.24) is 0 Å². The van der Waals surface area contributed by atoms with Gasteiger partial charge >= 0.3 is 0 Å². The molecule has 0 fully saturated rings. The topological polar surface area (TPSA) is 58.9 Å². The van der Waals surface area contributed by atoms with Crippen molar-refractivity contribution in [3.63, 3.8) is 0 Å². The Kier molecular flexibility index (Phi) is 8.44. The monoisotopic (exact) mass is 426 g/mol. The summed E-state index contributed by atoms with van der Waals surface area (Å²) < 4.78 is 11.2. The summed E-state index contributed by atoms with van der Waals surface area (Å²) in [5.74, 6) is 1.16. The molecule has 0 aromatic heterocycles. The maximum Gasteiger partial charge on any atom is 0.156 e. The van der Waals surface area contributed by atoms with Gasteiger partial charge in [0.25, 0.3) is 0 Å². The van der Waals surface area contributed by atoms with Gasteiger partial charge in [-0.1, -0.05) is 62.5 Å². The van der Waals surface area contributed by atoms with Gasteiger partial charge < -0.3 is 19.7 Å². The second-order valence-corrected chi connectivity index (χ2v) is 8.08. The van der Waals surface area contributed by atoms with Gasteiger partial charge in [0, 0.05) is 5.41 Å². The predicted molar refractivity (Wildman–Crippen MR) is 114 cm³/mol. The molecule has 0 saturated heterocycles. The van der Waals surface area contributed by atoms with E-state index < -0.39 is 12.7 Å². The molecule has 2 aromatic rings. The van der Waals surface area contributed by atoms with Crippen LogP contribution in [0.3, 0.4) is 0 Å². The molecule has 0 bridgehead atoms. The summed E-state index contributed by atoms with van der Waals surface area (Å²) in [4.78, 5) is 0. The molecule has 154 valence electrons. The molecule has 2 N–H and O–H groups in total. The summed E-state index contributed by atoms with van der Waals surface area (Å²) >= 11 is 12.8. The lowest BCUT2D eigenvalue weighted by Crippen LogP contribution is -2.22. The van der Waals surface area contributed by atoms with Gasteiger partial charge in [0.05, 0.1) is 23.3 Å². The molecular weight excluding hydrogens is 399 g/mol. The second-order valence-electron chi connectivity index (χ2n) is 7.27. The normalized spacial score (nSPS) is 12.7. The predicted octanol–water partition coefficient (Wildman–Crippen LogP) is 5.23. The minimum absolute atomic E-state index is 0.0851. The van der Waals surface area contributed by atoms with Crippen LogP contribution in [0.15, 0.2) is 36.4 Å². The third-order valence-corrected chi connectivity index (χ3v) is 5.25. The molecule has 28 heavy (non-hydrogen) atoms. The Balaban J connectivity index is 2.20. The van der Waals surface area contributed by atoms with E-state index in [1.165, 1.54) is 0 Å². The third-order valence-electron chi connectivity index (χ3n) is 4.69. The van der Waals surface area contributed by atoms with E-state index in [-0.39, 0.29) is 12.0 Å². The Morgan fingerprint density at radius 3 is 2.14 bits per heavy atom. The van der Waals surface area contributed by atoms with Crippen LogP contribution in [0.1, 0.15) is 44.7 Å². The number of aliphatic hydroxyl groups excluding tert-OH is 2. The van der Waals surface area contributed by atoms with Crippen molar-refractivity contribution in [2.45, 2.75) is 45.1 Å². The van der Waals surface area contributed by atoms with E-state index in [0.717, 1.165) is 36.3 Å². The first-order chi connectivity index (χ1) is 13.3. The van der Waals surface area contributed by atoms with Gasteiger partial charge in [-0.25, -0.2) is 0 Å². The number of hydrogen-bond acceptors (Lipinski definition) is 4. The maximum absolute atomic E-state index is 9.45. The van der Waals surface area contributed by atoms with Gasteiger partial charge in [0.15, 0.2) is 5.75 Å². The van der Waals surface area contributed by atoms with Gasteiger partial charge in [-0.3, -0.25) is 0 Å². The van der Waals surface area contributed by atoms with Crippen LogP contribution in [-0.4, -0.2) is 36.1 Å². The van der Waals surface area contributed by atoms with Crippen LogP contribution in [0.4, 0.5) is 0 Å². The van der Waals surface area contributed by atoms with Crippen molar-refractivity contribution in [3.05, 3.63) is 57.6 Å². The number of halogens is 2. The zero-order valence-electron chi connectivity index (χ0n) is 16.5. The fourth-order valence-corrected chi connectivity index (χ4v) is 3.36. The molecule has 2 rings (SSSR count). The molecule has 0 heterocycles. The molecule has 4 nitrogen and oxygen atoms in total. The fourth-order valence-electron chi connectivity index (χ4n) is 2.76. The van der Waals surface area contributed by atoms with Crippen molar-refractivity contribution >= 4 is 23.2 Å². The highest BCUT2D eigenvalue weighted by atomic mass is 35.5. The lowest BCUT2D eigenvalue weighted by molar-refractivity contribution is 0.0536. The highest BCUT2D eigenvalue weighted by molar-refractivity contribution is 6.37. The molecule has 0 aliphatic rings. The Bertz CT molecular complexity index is 737. The Morgan fingerprint density at radius 1 is 1.00 bits per heavy atom. The number of ether oxygens (including phenoxy) is 2. The second kappa shape index (κ2) is 10.4. The van der Waals surface area contributed by atoms with E-state index in [1.807, 2.05) is 36.4 Å². The van der Waals surface area contributed by atoms with E-state index in [9.17, 15) is 5.11 Å². The van der Waals surface area contributed by atoms with Gasteiger partial charge in [-0.05, 0) is 41.8 Å². The first-order valence-electron chi connectivity index (χ1n) is 9.44. The van der Waals surface area contributed by atoms with Crippen molar-refractivity contribution in [2.24, 2.45) is 0 Å². The average Bonchev–Trinajstić information content (AvgIpc) is 2.67. The van der Waals surface area contributed by atoms with Crippen LogP contribution in [0, 0.1) is 0 Å². The standard InChI is InChI=1S/C22H28Cl2O4/c1-4-5-10-27-18-8-6-15(7-9-18)22(2,3)16-11-19(23)21(20(24)12-16)28-14-17(26)13-25/h6-9,11-12,17,25-26H,4-5,10,13-14H2,1-3H3. The van der Waals surface area contributed by atoms with Crippen molar-refractivity contribution in [1.29, 1.82) is 0 Å². The van der Waals surface area contributed by atoms with E-state index >= 15 is 0 Å². The summed E-state index contributed by atoms with van der Waals surface area (Å²) in [7, 11) is 0. The molecule has 1 atom stereocenters. The van der Waals surface area contributed by atoms with Crippen LogP contribution in [-0.2, 0) is 5.41 Å². The third kappa shape index (κ3) is 5.77. The van der Waals surface area contributed by atoms with Crippen LogP contribution in [0.2, 0.25) is 10.0 Å². The zero-order chi connectivity index (χ0) is 20.7. The first kappa shape index (κ1) is 22.8. The molecule has 0 amide bonds. The number of hydrogen-bond donors (Lipinski definition) is 2. The minimum Gasteiger partial charge on any atom is -0.494 e. The molecule has 0 radical (unpaired) electrons. The molecule has 0 aliphatic carbocycles. The van der Waals surface area contributed by atoms with Gasteiger partial charge in [0.2, 0.25) is 0 Å². The number of unbranched alkanes of at least 4 members (excludes halogenated alkanes) is 1. The molecule has 0 spiro atoms. The summed E-state index contributed by atoms with van der Waals surface area (Å²) in [5.41, 5.74) is 1.71. The van der Waals surface area contributed by atoms with Gasteiger partial charge in [-0.2, -0.15) is 0 Å². The van der Waals surface area contributed by atoms with Crippen LogP contribution >= 0.6 is 23.2 Å². The lowest BCUT2D eigenvalue weighted by Gasteiger charge is -2.27. The van der Waals surface area contributed by atoms with Gasteiger partial charge in [-0.15, -0.1) is 0 Å². The summed E-state index contributed by atoms with van der Waals surface area (Å²) in [6.45, 7) is 6.57. The first-order valence-corrected chi connectivity index (χ1v) is 10.2. The van der Waals surface area contributed by atoms with Crippen molar-refractivity contribution in [3.8, 4) is 11.5 Å². The number of aliphatic hydroxyl groups is 2. The van der Waals surface area contributed by atoms with E-state index in [0.29, 0.717) is 15.8 Å². The number of rotatable bonds is 10. The number of benzene rings is 2. The highest BCUT2D eigenvalue weighted by Crippen LogP contribution is 2.40. The van der Waals surface area contributed by atoms with Crippen molar-refractivity contribution in [2.75, 3.05) is 19.8 Å². The molecule has 6 heteroatoms. The van der Waals surface area contributed by atoms with E-state index in [1.54, 1.807) is 0 Å². The van der Waals surface area contributed by atoms with Crippen LogP contribution in [0.25, 0.3) is 0 Å². The molecular formula is C22H28Cl2O4. The SMILES string of the molecule is CCCCOc1ccc(C(C)(C)c2cc(Cl)c(OCC(O)CO)c(Cl)c2)cc1. The van der Waals surface area contributed by atoms with Crippen molar-refractivity contribution < 1.29 is 19.7 Å². The van der Waals surface area contributed by atoms with E-state index in [2.05, 4.69) is 20.8 Å². The Labute approximate surface area is 177 Å². The lowest BCUT2D eigenvalue weighted by atomic mass is 9.78. The zero-order valence-corrected chi connectivity index (χ0v) is 18.1. The molecule has 0 aliphatic heterocycles. The Hall–Kier alpha value is -1.46. The highest BCUT2D eigenvalue weighted by Gasteiger charge is 2.26. The van der Waals surface area contributed by atoms with E-state index in [4.69, 9.17) is 37.8 Å². The van der Waals surface area contributed by atoms with Crippen LogP contribution in [0.5, 0.6) is 11.5 Å². The quantitative estimate of drug-likeness (QED) is 0.510. The maximum atomic E-state index is 9.45. The molecule has 0 saturated carbocycles. The smallest absolute Gasteiger partial charge is 0.156 e. The van der Waals surface area contributed by atoms with Crippen LogP contribution < -0.4 is 9.47 Å². The average molecular weight is 427 g/mol. The molecule has 2 aromatic carbocycles. The fraction of sp³-hybridized carbons (Fsp3) is 0.455. The molecule has 1 unspecified atom stereocenters. The largest absolute Gasteiger partial charge is 0.494 e. The summed E-state index contributed by atoms with van der Waals surface area (Å²) in [6, 6.07) is 11.7. The van der Waals surface area contributed by atoms with Gasteiger partial charge in [0.1, 0.15) is 18.5 Å². The summed E-state index contributed by atoms with van der Waals surface area (Å²) in [6.07, 6.45) is 1.15. The Morgan fingerprint density at radius 2 is 1.61 bits per heavy atom. The minimum atomic E-state index is -0.985.